The van der Waals surface area contributed by atoms with Crippen LogP contribution in [-0.2, 0) is 17.8 Å². The Morgan fingerprint density at radius 2 is 2.13 bits per heavy atom. The molecule has 1 aromatic heterocycles. The van der Waals surface area contributed by atoms with E-state index in [0.717, 1.165) is 24.3 Å². The maximum absolute atomic E-state index is 12.2. The molecule has 1 N–H and O–H groups in total. The van der Waals surface area contributed by atoms with Crippen LogP contribution < -0.4 is 10.1 Å². The Kier molecular flexibility index (Phi) is 4.98. The highest BCUT2D eigenvalue weighted by Crippen LogP contribution is 2.32. The van der Waals surface area contributed by atoms with Crippen LogP contribution in [-0.4, -0.2) is 31.0 Å². The van der Waals surface area contributed by atoms with Gasteiger partial charge in [-0.05, 0) is 48.1 Å². The van der Waals surface area contributed by atoms with Crippen molar-refractivity contribution in [3.8, 4) is 5.75 Å². The highest BCUT2D eigenvalue weighted by Gasteiger charge is 2.25. The van der Waals surface area contributed by atoms with E-state index in [2.05, 4.69) is 28.6 Å². The van der Waals surface area contributed by atoms with Crippen LogP contribution in [0.25, 0.3) is 0 Å². The minimum atomic E-state index is 0.0753. The van der Waals surface area contributed by atoms with Crippen molar-refractivity contribution in [2.75, 3.05) is 20.2 Å². The minimum absolute atomic E-state index is 0.0753. The number of nitrogens with one attached hydrogen (secondary N) is 1. The Balaban J connectivity index is 1.51. The topological polar surface area (TPSA) is 41.6 Å². The summed E-state index contributed by atoms with van der Waals surface area (Å²) in [6.07, 6.45) is 1.04. The summed E-state index contributed by atoms with van der Waals surface area (Å²) in [7, 11) is 1.65. The number of amides is 1. The van der Waals surface area contributed by atoms with Crippen molar-refractivity contribution in [1.82, 2.24) is 10.2 Å². The first-order chi connectivity index (χ1) is 11.2. The second-order valence-electron chi connectivity index (χ2n) is 5.82. The van der Waals surface area contributed by atoms with E-state index in [1.807, 2.05) is 35.6 Å². The molecule has 4 nitrogen and oxygen atoms in total. The molecule has 2 heterocycles. The van der Waals surface area contributed by atoms with Gasteiger partial charge in [0.2, 0.25) is 5.91 Å². The van der Waals surface area contributed by atoms with Gasteiger partial charge in [0, 0.05) is 24.0 Å². The summed E-state index contributed by atoms with van der Waals surface area (Å²) in [5.41, 5.74) is 2.45. The van der Waals surface area contributed by atoms with Crippen molar-refractivity contribution in [1.29, 1.82) is 0 Å². The van der Waals surface area contributed by atoms with Gasteiger partial charge in [-0.2, -0.15) is 0 Å². The van der Waals surface area contributed by atoms with E-state index < -0.39 is 0 Å². The lowest BCUT2D eigenvalue weighted by Crippen LogP contribution is -2.41. The second kappa shape index (κ2) is 7.15. The third-order valence-electron chi connectivity index (χ3n) is 4.40. The SMILES string of the molecule is COc1ccc(CNC(=O)CN2CCc3sccc3[C@@H]2C)cc1. The van der Waals surface area contributed by atoms with Gasteiger partial charge >= 0.3 is 0 Å². The monoisotopic (exact) mass is 330 g/mol. The van der Waals surface area contributed by atoms with Gasteiger partial charge < -0.3 is 10.1 Å². The molecule has 0 bridgehead atoms. The molecular formula is C18H22N2O2S. The number of hydrogen-bond donors (Lipinski definition) is 1. The number of nitrogens with zero attached hydrogens (tertiary/aromatic N) is 1. The van der Waals surface area contributed by atoms with E-state index in [4.69, 9.17) is 4.74 Å². The van der Waals surface area contributed by atoms with Gasteiger partial charge in [0.15, 0.2) is 0 Å². The summed E-state index contributed by atoms with van der Waals surface area (Å²) in [4.78, 5) is 15.9. The number of ether oxygens (including phenoxy) is 1. The molecule has 1 amide bonds. The molecule has 0 saturated heterocycles. The number of fused-ring (bicyclic) bond motifs is 1. The molecule has 1 atom stereocenters. The zero-order valence-electron chi connectivity index (χ0n) is 13.5. The molecule has 0 radical (unpaired) electrons. The molecule has 1 aliphatic heterocycles. The van der Waals surface area contributed by atoms with E-state index in [9.17, 15) is 4.79 Å². The maximum atomic E-state index is 12.2. The van der Waals surface area contributed by atoms with Crippen molar-refractivity contribution in [2.24, 2.45) is 0 Å². The Hall–Kier alpha value is -1.85. The molecule has 0 saturated carbocycles. The number of carbonyl (C=O) groups is 1. The number of carbonyl (C=O) groups excluding carboxylic acids is 1. The Bertz CT molecular complexity index is 666. The van der Waals surface area contributed by atoms with Crippen LogP contribution in [0.5, 0.6) is 5.75 Å². The van der Waals surface area contributed by atoms with Crippen molar-refractivity contribution in [2.45, 2.75) is 25.9 Å². The first-order valence-electron chi connectivity index (χ1n) is 7.87. The summed E-state index contributed by atoms with van der Waals surface area (Å²) in [5.74, 6) is 0.903. The van der Waals surface area contributed by atoms with Crippen LogP contribution in [0, 0.1) is 0 Å². The summed E-state index contributed by atoms with van der Waals surface area (Å²) in [5, 5.41) is 5.15. The molecule has 1 aliphatic rings. The molecule has 122 valence electrons. The number of hydrogen-bond acceptors (Lipinski definition) is 4. The fraction of sp³-hybridized carbons (Fsp3) is 0.389. The van der Waals surface area contributed by atoms with Gasteiger partial charge in [-0.25, -0.2) is 0 Å². The van der Waals surface area contributed by atoms with Crippen LogP contribution in [0.4, 0.5) is 0 Å². The number of benzene rings is 1. The molecule has 5 heteroatoms. The first-order valence-corrected chi connectivity index (χ1v) is 8.75. The molecule has 1 aromatic carbocycles. The summed E-state index contributed by atoms with van der Waals surface area (Å²) >= 11 is 1.82. The Morgan fingerprint density at radius 3 is 2.87 bits per heavy atom. The lowest BCUT2D eigenvalue weighted by molar-refractivity contribution is -0.123. The zero-order valence-corrected chi connectivity index (χ0v) is 14.4. The van der Waals surface area contributed by atoms with Crippen LogP contribution in [0.15, 0.2) is 35.7 Å². The number of methoxy groups -OCH3 is 1. The van der Waals surface area contributed by atoms with Gasteiger partial charge in [0.25, 0.3) is 0 Å². The van der Waals surface area contributed by atoms with Crippen LogP contribution in [0.2, 0.25) is 0 Å². The Morgan fingerprint density at radius 1 is 1.35 bits per heavy atom. The summed E-state index contributed by atoms with van der Waals surface area (Å²) in [6.45, 7) is 4.13. The van der Waals surface area contributed by atoms with Gasteiger partial charge in [0.1, 0.15) is 5.75 Å². The minimum Gasteiger partial charge on any atom is -0.497 e. The molecule has 0 fully saturated rings. The molecule has 23 heavy (non-hydrogen) atoms. The zero-order chi connectivity index (χ0) is 16.2. The molecule has 0 unspecified atom stereocenters. The third kappa shape index (κ3) is 3.74. The third-order valence-corrected chi connectivity index (χ3v) is 5.40. The van der Waals surface area contributed by atoms with Crippen LogP contribution in [0.3, 0.4) is 0 Å². The number of thiophene rings is 1. The van der Waals surface area contributed by atoms with E-state index in [-0.39, 0.29) is 5.91 Å². The first kappa shape index (κ1) is 16.0. The van der Waals surface area contributed by atoms with Crippen molar-refractivity contribution in [3.63, 3.8) is 0 Å². The predicted molar refractivity (Wildman–Crippen MR) is 92.9 cm³/mol. The van der Waals surface area contributed by atoms with Crippen molar-refractivity contribution >= 4 is 17.2 Å². The smallest absolute Gasteiger partial charge is 0.234 e. The van der Waals surface area contributed by atoms with E-state index in [0.29, 0.717) is 19.1 Å². The lowest BCUT2D eigenvalue weighted by Gasteiger charge is -2.32. The van der Waals surface area contributed by atoms with E-state index in [1.54, 1.807) is 7.11 Å². The fourth-order valence-electron chi connectivity index (χ4n) is 2.96. The van der Waals surface area contributed by atoms with E-state index in [1.165, 1.54) is 10.4 Å². The second-order valence-corrected chi connectivity index (χ2v) is 6.82. The molecule has 3 rings (SSSR count). The van der Waals surface area contributed by atoms with E-state index >= 15 is 0 Å². The fourth-order valence-corrected chi connectivity index (χ4v) is 3.92. The van der Waals surface area contributed by atoms with Gasteiger partial charge in [0.05, 0.1) is 13.7 Å². The Labute approximate surface area is 141 Å². The van der Waals surface area contributed by atoms with Gasteiger partial charge in [-0.1, -0.05) is 12.1 Å². The average Bonchev–Trinajstić information content (AvgIpc) is 3.05. The van der Waals surface area contributed by atoms with Crippen LogP contribution in [0.1, 0.15) is 29.0 Å². The molecule has 0 spiro atoms. The largest absolute Gasteiger partial charge is 0.497 e. The van der Waals surface area contributed by atoms with Crippen LogP contribution >= 0.6 is 11.3 Å². The highest BCUT2D eigenvalue weighted by molar-refractivity contribution is 7.10. The highest BCUT2D eigenvalue weighted by atomic mass is 32.1. The van der Waals surface area contributed by atoms with Crippen molar-refractivity contribution < 1.29 is 9.53 Å². The maximum Gasteiger partial charge on any atom is 0.234 e. The predicted octanol–water partition coefficient (Wildman–Crippen LogP) is 2.99. The summed E-state index contributed by atoms with van der Waals surface area (Å²) < 4.78 is 5.14. The average molecular weight is 330 g/mol. The number of rotatable bonds is 5. The van der Waals surface area contributed by atoms with Gasteiger partial charge in [-0.3, -0.25) is 9.69 Å². The quantitative estimate of drug-likeness (QED) is 0.916. The molecular weight excluding hydrogens is 308 g/mol. The molecule has 0 aliphatic carbocycles. The standard InChI is InChI=1S/C18H22N2O2S/c1-13-16-8-10-23-17(16)7-9-20(13)12-18(21)19-11-14-3-5-15(22-2)6-4-14/h3-6,8,10,13H,7,9,11-12H2,1-2H3,(H,19,21)/t13-/m0/s1. The lowest BCUT2D eigenvalue weighted by atomic mass is 10.0. The van der Waals surface area contributed by atoms with Crippen molar-refractivity contribution in [3.05, 3.63) is 51.7 Å². The van der Waals surface area contributed by atoms with Gasteiger partial charge in [-0.15, -0.1) is 11.3 Å². The normalized spacial score (nSPS) is 17.6. The summed E-state index contributed by atoms with van der Waals surface area (Å²) in [6, 6.07) is 10.3. The molecule has 2 aromatic rings.